The summed E-state index contributed by atoms with van der Waals surface area (Å²) in [7, 11) is 5.41. The van der Waals surface area contributed by atoms with Gasteiger partial charge in [-0.25, -0.2) is 0 Å². The predicted octanol–water partition coefficient (Wildman–Crippen LogP) is -0.155. The SMILES string of the molecule is CC(C)[C@@H]1NC(=O)C[C@@H](C(=O)N(C)CCN(C)C)NC(=O)c2ccccc2OCCNC1=O. The number of hydrogen-bond donors (Lipinski definition) is 3. The highest BCUT2D eigenvalue weighted by molar-refractivity contribution is 6.01. The summed E-state index contributed by atoms with van der Waals surface area (Å²) >= 11 is 0. The summed E-state index contributed by atoms with van der Waals surface area (Å²) in [6, 6.07) is 4.77. The van der Waals surface area contributed by atoms with Crippen LogP contribution in [0.2, 0.25) is 0 Å². The van der Waals surface area contributed by atoms with E-state index < -0.39 is 29.8 Å². The number of benzene rings is 1. The molecule has 1 aromatic rings. The quantitative estimate of drug-likeness (QED) is 0.561. The molecule has 182 valence electrons. The van der Waals surface area contributed by atoms with Crippen molar-refractivity contribution in [1.82, 2.24) is 25.8 Å². The number of carbonyl (C=O) groups excluding carboxylic acids is 4. The van der Waals surface area contributed by atoms with Crippen molar-refractivity contribution in [1.29, 1.82) is 0 Å². The average molecular weight is 462 g/mol. The van der Waals surface area contributed by atoms with Crippen molar-refractivity contribution in [2.45, 2.75) is 32.4 Å². The average Bonchev–Trinajstić information content (AvgIpc) is 2.76. The van der Waals surface area contributed by atoms with Gasteiger partial charge in [-0.05, 0) is 32.1 Å². The Hall–Kier alpha value is -3.14. The Morgan fingerprint density at radius 3 is 2.45 bits per heavy atom. The van der Waals surface area contributed by atoms with E-state index in [-0.39, 0.29) is 37.0 Å². The lowest BCUT2D eigenvalue weighted by Crippen LogP contribution is -2.54. The predicted molar refractivity (Wildman–Crippen MR) is 124 cm³/mol. The molecule has 33 heavy (non-hydrogen) atoms. The van der Waals surface area contributed by atoms with E-state index >= 15 is 0 Å². The fraction of sp³-hybridized carbons (Fsp3) is 0.565. The number of amides is 4. The maximum atomic E-state index is 13.1. The second kappa shape index (κ2) is 12.2. The van der Waals surface area contributed by atoms with Crippen LogP contribution < -0.4 is 20.7 Å². The van der Waals surface area contributed by atoms with Crippen LogP contribution in [-0.4, -0.2) is 92.9 Å². The van der Waals surface area contributed by atoms with E-state index in [4.69, 9.17) is 4.74 Å². The highest BCUT2D eigenvalue weighted by Gasteiger charge is 2.31. The van der Waals surface area contributed by atoms with Gasteiger partial charge in [0.1, 0.15) is 24.4 Å². The minimum Gasteiger partial charge on any atom is -0.491 e. The molecular weight excluding hydrogens is 426 g/mol. The molecule has 0 aliphatic carbocycles. The minimum atomic E-state index is -1.10. The Morgan fingerprint density at radius 1 is 1.09 bits per heavy atom. The molecule has 4 amide bonds. The molecule has 1 aliphatic rings. The summed E-state index contributed by atoms with van der Waals surface area (Å²) < 4.78 is 5.71. The minimum absolute atomic E-state index is 0.143. The lowest BCUT2D eigenvalue weighted by Gasteiger charge is -2.27. The van der Waals surface area contributed by atoms with Gasteiger partial charge in [-0.15, -0.1) is 0 Å². The molecule has 2 rings (SSSR count). The van der Waals surface area contributed by atoms with Crippen LogP contribution in [0.1, 0.15) is 30.6 Å². The number of nitrogens with zero attached hydrogens (tertiary/aromatic N) is 2. The Balaban J connectivity index is 2.34. The molecule has 0 bridgehead atoms. The van der Waals surface area contributed by atoms with Gasteiger partial charge in [0.05, 0.1) is 18.5 Å². The van der Waals surface area contributed by atoms with Crippen LogP contribution in [0, 0.1) is 5.92 Å². The van der Waals surface area contributed by atoms with Crippen molar-refractivity contribution in [2.75, 3.05) is 47.4 Å². The molecule has 10 nitrogen and oxygen atoms in total. The van der Waals surface area contributed by atoms with Crippen LogP contribution in [0.25, 0.3) is 0 Å². The molecule has 0 saturated carbocycles. The number of nitrogens with one attached hydrogen (secondary N) is 3. The largest absolute Gasteiger partial charge is 0.491 e. The monoisotopic (exact) mass is 461 g/mol. The van der Waals surface area contributed by atoms with Gasteiger partial charge in [-0.2, -0.15) is 0 Å². The van der Waals surface area contributed by atoms with Crippen LogP contribution in [0.3, 0.4) is 0 Å². The third-order valence-electron chi connectivity index (χ3n) is 5.31. The van der Waals surface area contributed by atoms with E-state index in [1.54, 1.807) is 31.3 Å². The van der Waals surface area contributed by atoms with Gasteiger partial charge in [-0.1, -0.05) is 26.0 Å². The zero-order chi connectivity index (χ0) is 24.5. The molecule has 0 saturated heterocycles. The Bertz CT molecular complexity index is 857. The number of para-hydroxylation sites is 1. The number of carbonyl (C=O) groups is 4. The topological polar surface area (TPSA) is 120 Å². The summed E-state index contributed by atoms with van der Waals surface area (Å²) in [6.45, 7) is 5.05. The number of fused-ring (bicyclic) bond motifs is 1. The molecule has 0 radical (unpaired) electrons. The van der Waals surface area contributed by atoms with Crippen LogP contribution in [-0.2, 0) is 14.4 Å². The van der Waals surface area contributed by atoms with E-state index in [1.807, 2.05) is 32.8 Å². The molecule has 2 atom stereocenters. The zero-order valence-corrected chi connectivity index (χ0v) is 20.0. The Morgan fingerprint density at radius 2 is 1.79 bits per heavy atom. The Kier molecular flexibility index (Phi) is 9.65. The molecular formula is C23H35N5O5. The molecule has 10 heteroatoms. The standard InChI is InChI=1S/C23H35N5O5/c1-15(2)20-22(31)24-10-13-33-18-9-7-6-8-16(18)21(30)25-17(14-19(29)26-20)23(32)28(5)12-11-27(3)4/h6-9,15,17,20H,10-14H2,1-5H3,(H,24,31)(H,25,30)(H,26,29)/t17-,20-/m0/s1. The number of rotatable bonds is 5. The van der Waals surface area contributed by atoms with Crippen LogP contribution in [0.4, 0.5) is 0 Å². The molecule has 1 heterocycles. The zero-order valence-electron chi connectivity index (χ0n) is 20.0. The van der Waals surface area contributed by atoms with Crippen molar-refractivity contribution in [2.24, 2.45) is 5.92 Å². The van der Waals surface area contributed by atoms with Crippen molar-refractivity contribution >= 4 is 23.6 Å². The lowest BCUT2D eigenvalue weighted by atomic mass is 10.0. The number of hydrogen-bond acceptors (Lipinski definition) is 6. The number of likely N-dealkylation sites (N-methyl/N-ethyl adjacent to an activating group) is 2. The maximum Gasteiger partial charge on any atom is 0.255 e. The first kappa shape index (κ1) is 26.1. The lowest BCUT2D eigenvalue weighted by molar-refractivity contribution is -0.135. The molecule has 0 aromatic heterocycles. The highest BCUT2D eigenvalue weighted by Crippen LogP contribution is 2.18. The molecule has 0 spiro atoms. The van der Waals surface area contributed by atoms with Gasteiger partial charge in [-0.3, -0.25) is 19.2 Å². The smallest absolute Gasteiger partial charge is 0.255 e. The van der Waals surface area contributed by atoms with Crippen LogP contribution in [0.5, 0.6) is 5.75 Å². The van der Waals surface area contributed by atoms with Gasteiger partial charge in [0, 0.05) is 20.1 Å². The fourth-order valence-corrected chi connectivity index (χ4v) is 3.34. The fourth-order valence-electron chi connectivity index (χ4n) is 3.34. The van der Waals surface area contributed by atoms with Crippen LogP contribution >= 0.6 is 0 Å². The van der Waals surface area contributed by atoms with E-state index in [0.717, 1.165) is 0 Å². The molecule has 0 fully saturated rings. The summed E-state index contributed by atoms with van der Waals surface area (Å²) in [4.78, 5) is 55.0. The molecule has 0 unspecified atom stereocenters. The summed E-state index contributed by atoms with van der Waals surface area (Å²) in [6.07, 6.45) is -0.295. The third-order valence-corrected chi connectivity index (χ3v) is 5.31. The second-order valence-electron chi connectivity index (χ2n) is 8.72. The maximum absolute atomic E-state index is 13.1. The first-order chi connectivity index (χ1) is 15.6. The van der Waals surface area contributed by atoms with E-state index in [0.29, 0.717) is 18.8 Å². The van der Waals surface area contributed by atoms with Gasteiger partial charge in [0.15, 0.2) is 0 Å². The Labute approximate surface area is 195 Å². The first-order valence-electron chi connectivity index (χ1n) is 11.1. The van der Waals surface area contributed by atoms with Crippen molar-refractivity contribution in [3.63, 3.8) is 0 Å². The molecule has 1 aliphatic heterocycles. The summed E-state index contributed by atoms with van der Waals surface area (Å²) in [5.41, 5.74) is 0.245. The van der Waals surface area contributed by atoms with Crippen LogP contribution in [0.15, 0.2) is 24.3 Å². The van der Waals surface area contributed by atoms with E-state index in [1.165, 1.54) is 4.90 Å². The van der Waals surface area contributed by atoms with Gasteiger partial charge in [0.2, 0.25) is 17.7 Å². The number of ether oxygens (including phenoxy) is 1. The van der Waals surface area contributed by atoms with Crippen molar-refractivity contribution in [3.8, 4) is 5.75 Å². The van der Waals surface area contributed by atoms with Gasteiger partial charge < -0.3 is 30.5 Å². The van der Waals surface area contributed by atoms with Crippen molar-refractivity contribution in [3.05, 3.63) is 29.8 Å². The van der Waals surface area contributed by atoms with E-state index in [2.05, 4.69) is 16.0 Å². The van der Waals surface area contributed by atoms with E-state index in [9.17, 15) is 19.2 Å². The van der Waals surface area contributed by atoms with Crippen molar-refractivity contribution < 1.29 is 23.9 Å². The molecule has 1 aromatic carbocycles. The van der Waals surface area contributed by atoms with Gasteiger partial charge >= 0.3 is 0 Å². The summed E-state index contributed by atoms with van der Waals surface area (Å²) in [5.74, 6) is -1.57. The normalized spacial score (nSPS) is 20.2. The summed E-state index contributed by atoms with van der Waals surface area (Å²) in [5, 5.41) is 8.15. The van der Waals surface area contributed by atoms with Gasteiger partial charge in [0.25, 0.3) is 5.91 Å². The third kappa shape index (κ3) is 7.74. The second-order valence-corrected chi connectivity index (χ2v) is 8.72. The molecule has 3 N–H and O–H groups in total. The first-order valence-corrected chi connectivity index (χ1v) is 11.1. The highest BCUT2D eigenvalue weighted by atomic mass is 16.5.